The van der Waals surface area contributed by atoms with E-state index in [1.807, 2.05) is 23.6 Å². The van der Waals surface area contributed by atoms with Crippen molar-refractivity contribution in [1.82, 2.24) is 10.1 Å². The van der Waals surface area contributed by atoms with Crippen molar-refractivity contribution in [2.75, 3.05) is 20.2 Å². The van der Waals surface area contributed by atoms with Crippen molar-refractivity contribution < 1.29 is 9.63 Å². The molecule has 2 aromatic rings. The number of hydrogen-bond acceptors (Lipinski definition) is 5. The fourth-order valence-electron chi connectivity index (χ4n) is 1.95. The van der Waals surface area contributed by atoms with Crippen LogP contribution in [0.1, 0.15) is 25.0 Å². The second-order valence-corrected chi connectivity index (χ2v) is 5.63. The molecule has 4 nitrogen and oxygen atoms in total. The molecule has 104 valence electrons. The van der Waals surface area contributed by atoms with Crippen LogP contribution < -0.4 is 0 Å². The van der Waals surface area contributed by atoms with Crippen molar-refractivity contribution in [2.24, 2.45) is 0 Å². The molecule has 0 aromatic carbocycles. The third-order valence-corrected chi connectivity index (χ3v) is 3.84. The van der Waals surface area contributed by atoms with Gasteiger partial charge in [0.2, 0.25) is 0 Å². The molecule has 2 aromatic heterocycles. The third-order valence-electron chi connectivity index (χ3n) is 2.95. The first-order valence-electron chi connectivity index (χ1n) is 6.58. The molecule has 0 atom stereocenters. The fraction of sp³-hybridized carbons (Fsp3) is 0.500. The minimum absolute atomic E-state index is 0.289. The Morgan fingerprint density at radius 1 is 1.37 bits per heavy atom. The molecule has 19 heavy (non-hydrogen) atoms. The number of rotatable bonds is 8. The van der Waals surface area contributed by atoms with E-state index in [9.17, 15) is 0 Å². The third kappa shape index (κ3) is 4.45. The zero-order chi connectivity index (χ0) is 13.5. The van der Waals surface area contributed by atoms with Crippen LogP contribution in [0.4, 0.5) is 0 Å². The minimum Gasteiger partial charge on any atom is -0.396 e. The van der Waals surface area contributed by atoms with Crippen LogP contribution in [-0.2, 0) is 6.54 Å². The van der Waals surface area contributed by atoms with E-state index in [-0.39, 0.29) is 6.61 Å². The normalized spacial score (nSPS) is 11.3. The lowest BCUT2D eigenvalue weighted by atomic mass is 10.2. The highest BCUT2D eigenvalue weighted by molar-refractivity contribution is 7.13. The molecule has 1 N–H and O–H groups in total. The predicted molar refractivity (Wildman–Crippen MR) is 77.1 cm³/mol. The molecule has 0 aliphatic heterocycles. The van der Waals surface area contributed by atoms with Gasteiger partial charge in [0.25, 0.3) is 0 Å². The van der Waals surface area contributed by atoms with Crippen LogP contribution in [0.25, 0.3) is 10.6 Å². The second-order valence-electron chi connectivity index (χ2n) is 4.68. The molecule has 2 rings (SSSR count). The monoisotopic (exact) mass is 280 g/mol. The first-order chi connectivity index (χ1) is 9.29. The fourth-order valence-corrected chi connectivity index (χ4v) is 2.62. The average molecular weight is 280 g/mol. The molecular weight excluding hydrogens is 260 g/mol. The number of aliphatic hydroxyl groups is 1. The Bertz CT molecular complexity index is 468. The molecule has 2 heterocycles. The molecule has 0 aliphatic rings. The van der Waals surface area contributed by atoms with Gasteiger partial charge in [0, 0.05) is 19.2 Å². The van der Waals surface area contributed by atoms with Gasteiger partial charge < -0.3 is 14.5 Å². The number of nitrogens with zero attached hydrogens (tertiary/aromatic N) is 2. The Morgan fingerprint density at radius 2 is 2.26 bits per heavy atom. The summed E-state index contributed by atoms with van der Waals surface area (Å²) in [6, 6.07) is 6.05. The Balaban J connectivity index is 1.79. The zero-order valence-corrected chi connectivity index (χ0v) is 12.0. The van der Waals surface area contributed by atoms with Gasteiger partial charge in [-0.2, -0.15) is 0 Å². The van der Waals surface area contributed by atoms with E-state index in [1.165, 1.54) is 0 Å². The van der Waals surface area contributed by atoms with Gasteiger partial charge >= 0.3 is 0 Å². The van der Waals surface area contributed by atoms with Crippen molar-refractivity contribution in [1.29, 1.82) is 0 Å². The maximum Gasteiger partial charge on any atom is 0.177 e. The van der Waals surface area contributed by atoms with Crippen molar-refractivity contribution >= 4 is 11.3 Å². The van der Waals surface area contributed by atoms with Gasteiger partial charge in [-0.3, -0.25) is 0 Å². The van der Waals surface area contributed by atoms with Crippen LogP contribution in [0.15, 0.2) is 28.1 Å². The maximum absolute atomic E-state index is 8.72. The Kier molecular flexibility index (Phi) is 5.57. The topological polar surface area (TPSA) is 49.5 Å². The first-order valence-corrected chi connectivity index (χ1v) is 7.46. The molecule has 0 unspecified atom stereocenters. The van der Waals surface area contributed by atoms with Crippen molar-refractivity contribution in [3.8, 4) is 10.6 Å². The minimum atomic E-state index is 0.289. The molecule has 0 saturated carbocycles. The molecule has 0 aliphatic carbocycles. The zero-order valence-electron chi connectivity index (χ0n) is 11.2. The smallest absolute Gasteiger partial charge is 0.177 e. The van der Waals surface area contributed by atoms with E-state index < -0.39 is 0 Å². The molecule has 0 spiro atoms. The highest BCUT2D eigenvalue weighted by atomic mass is 32.1. The molecule has 0 bridgehead atoms. The second kappa shape index (κ2) is 7.43. The Labute approximate surface area is 117 Å². The Hall–Kier alpha value is -1.17. The van der Waals surface area contributed by atoms with E-state index >= 15 is 0 Å². The SMILES string of the molecule is CN(CCCCCO)Cc1cc(-c2cccs2)on1. The average Bonchev–Trinajstić information content (AvgIpc) is 3.04. The van der Waals surface area contributed by atoms with Gasteiger partial charge in [-0.15, -0.1) is 11.3 Å². The van der Waals surface area contributed by atoms with Crippen LogP contribution in [0.2, 0.25) is 0 Å². The molecule has 0 radical (unpaired) electrons. The molecular formula is C14H20N2O2S. The Morgan fingerprint density at radius 3 is 3.00 bits per heavy atom. The standard InChI is InChI=1S/C14H20N2O2S/c1-16(7-3-2-4-8-17)11-12-10-13(18-15-12)14-6-5-9-19-14/h5-6,9-10,17H,2-4,7-8,11H2,1H3. The lowest BCUT2D eigenvalue weighted by Gasteiger charge is -2.14. The predicted octanol–water partition coefficient (Wildman–Crippen LogP) is 3.00. The van der Waals surface area contributed by atoms with E-state index in [4.69, 9.17) is 9.63 Å². The first kappa shape index (κ1) is 14.2. The van der Waals surface area contributed by atoms with Crippen molar-refractivity contribution in [2.45, 2.75) is 25.8 Å². The maximum atomic E-state index is 8.72. The van der Waals surface area contributed by atoms with E-state index in [0.29, 0.717) is 0 Å². The van der Waals surface area contributed by atoms with Crippen LogP contribution in [0.5, 0.6) is 0 Å². The van der Waals surface area contributed by atoms with Crippen LogP contribution in [0.3, 0.4) is 0 Å². The van der Waals surface area contributed by atoms with Crippen LogP contribution in [-0.4, -0.2) is 35.4 Å². The van der Waals surface area contributed by atoms with Crippen molar-refractivity contribution in [3.63, 3.8) is 0 Å². The number of unbranched alkanes of at least 4 members (excludes halogenated alkanes) is 2. The lowest BCUT2D eigenvalue weighted by Crippen LogP contribution is -2.19. The lowest BCUT2D eigenvalue weighted by molar-refractivity contribution is 0.269. The van der Waals surface area contributed by atoms with Gasteiger partial charge in [-0.1, -0.05) is 11.2 Å². The summed E-state index contributed by atoms with van der Waals surface area (Å²) in [5.74, 6) is 0.846. The summed E-state index contributed by atoms with van der Waals surface area (Å²) in [7, 11) is 2.08. The summed E-state index contributed by atoms with van der Waals surface area (Å²) < 4.78 is 5.35. The van der Waals surface area contributed by atoms with Gasteiger partial charge in [-0.05, 0) is 44.3 Å². The quantitative estimate of drug-likeness (QED) is 0.755. The number of hydrogen-bond donors (Lipinski definition) is 1. The number of aromatic nitrogens is 1. The summed E-state index contributed by atoms with van der Waals surface area (Å²) >= 11 is 1.66. The summed E-state index contributed by atoms with van der Waals surface area (Å²) in [5, 5.41) is 14.9. The number of thiophene rings is 1. The van der Waals surface area contributed by atoms with Gasteiger partial charge in [0.15, 0.2) is 5.76 Å². The molecule has 0 amide bonds. The summed E-state index contributed by atoms with van der Waals surface area (Å²) in [6.07, 6.45) is 3.06. The summed E-state index contributed by atoms with van der Waals surface area (Å²) in [6.45, 7) is 2.10. The largest absolute Gasteiger partial charge is 0.396 e. The summed E-state index contributed by atoms with van der Waals surface area (Å²) in [5.41, 5.74) is 0.966. The van der Waals surface area contributed by atoms with Gasteiger partial charge in [0.1, 0.15) is 0 Å². The molecule has 5 heteroatoms. The van der Waals surface area contributed by atoms with Gasteiger partial charge in [0.05, 0.1) is 10.6 Å². The van der Waals surface area contributed by atoms with Crippen LogP contribution in [0, 0.1) is 0 Å². The van der Waals surface area contributed by atoms with E-state index in [0.717, 1.165) is 48.7 Å². The van der Waals surface area contributed by atoms with Crippen LogP contribution >= 0.6 is 11.3 Å². The van der Waals surface area contributed by atoms with Crippen molar-refractivity contribution in [3.05, 3.63) is 29.3 Å². The van der Waals surface area contributed by atoms with E-state index in [1.54, 1.807) is 11.3 Å². The highest BCUT2D eigenvalue weighted by Crippen LogP contribution is 2.25. The highest BCUT2D eigenvalue weighted by Gasteiger charge is 2.09. The summed E-state index contributed by atoms with van der Waals surface area (Å²) in [4.78, 5) is 3.34. The van der Waals surface area contributed by atoms with E-state index in [2.05, 4.69) is 17.1 Å². The molecule has 0 saturated heterocycles. The molecule has 0 fully saturated rings. The van der Waals surface area contributed by atoms with Gasteiger partial charge in [-0.25, -0.2) is 0 Å². The number of aliphatic hydroxyl groups excluding tert-OH is 1.